The van der Waals surface area contributed by atoms with Gasteiger partial charge in [0.05, 0.1) is 6.10 Å². The zero-order valence-electron chi connectivity index (χ0n) is 11.3. The van der Waals surface area contributed by atoms with E-state index in [2.05, 4.69) is 36.5 Å². The first-order valence-corrected chi connectivity index (χ1v) is 6.64. The molecule has 1 atom stereocenters. The number of aliphatic hydroxyl groups is 1. The van der Waals surface area contributed by atoms with Crippen LogP contribution in [0.4, 0.5) is 0 Å². The number of carbonyl (C=O) groups is 1. The van der Waals surface area contributed by atoms with E-state index in [1.54, 1.807) is 6.92 Å². The van der Waals surface area contributed by atoms with Crippen LogP contribution in [0.25, 0.3) is 0 Å². The molecule has 1 rings (SSSR count). The predicted octanol–water partition coefficient (Wildman–Crippen LogP) is 2.07. The molecule has 0 radical (unpaired) electrons. The van der Waals surface area contributed by atoms with E-state index in [4.69, 9.17) is 5.11 Å². The lowest BCUT2D eigenvalue weighted by Gasteiger charge is -2.07. The summed E-state index contributed by atoms with van der Waals surface area (Å²) in [6.07, 6.45) is 2.57. The molecule has 100 valence electrons. The highest BCUT2D eigenvalue weighted by molar-refractivity contribution is 5.76. The number of hydrogen-bond acceptors (Lipinski definition) is 2. The monoisotopic (exact) mass is 249 g/mol. The van der Waals surface area contributed by atoms with Crippen LogP contribution in [0, 0.1) is 0 Å². The maximum atomic E-state index is 11.5. The van der Waals surface area contributed by atoms with Gasteiger partial charge in [0.15, 0.2) is 0 Å². The van der Waals surface area contributed by atoms with Crippen molar-refractivity contribution >= 4 is 5.91 Å². The second-order valence-corrected chi connectivity index (χ2v) is 4.66. The van der Waals surface area contributed by atoms with Crippen molar-refractivity contribution in [2.24, 2.45) is 0 Å². The predicted molar refractivity (Wildman–Crippen MR) is 73.4 cm³/mol. The highest BCUT2D eigenvalue weighted by Crippen LogP contribution is 2.07. The van der Waals surface area contributed by atoms with Crippen LogP contribution in [-0.2, 0) is 17.6 Å². The molecule has 0 fully saturated rings. The Bertz CT molecular complexity index is 357. The van der Waals surface area contributed by atoms with E-state index in [-0.39, 0.29) is 12.0 Å². The minimum atomic E-state index is -0.355. The Morgan fingerprint density at radius 2 is 1.89 bits per heavy atom. The molecule has 1 aromatic carbocycles. The number of amides is 1. The molecule has 1 aromatic rings. The second kappa shape index (κ2) is 7.88. The Hall–Kier alpha value is -1.35. The van der Waals surface area contributed by atoms with Crippen LogP contribution in [0.5, 0.6) is 0 Å². The summed E-state index contributed by atoms with van der Waals surface area (Å²) in [7, 11) is 0. The van der Waals surface area contributed by atoms with Crippen LogP contribution in [0.3, 0.4) is 0 Å². The number of hydrogen-bond donors (Lipinski definition) is 2. The lowest BCUT2D eigenvalue weighted by molar-refractivity contribution is -0.121. The summed E-state index contributed by atoms with van der Waals surface area (Å²) in [5, 5.41) is 11.9. The van der Waals surface area contributed by atoms with Crippen LogP contribution in [0.15, 0.2) is 24.3 Å². The van der Waals surface area contributed by atoms with E-state index in [9.17, 15) is 4.79 Å². The van der Waals surface area contributed by atoms with Gasteiger partial charge in [0.1, 0.15) is 0 Å². The molecule has 0 aliphatic rings. The van der Waals surface area contributed by atoms with Gasteiger partial charge < -0.3 is 10.4 Å². The number of nitrogens with one attached hydrogen (secondary N) is 1. The van der Waals surface area contributed by atoms with E-state index in [0.29, 0.717) is 19.4 Å². The molecule has 0 saturated carbocycles. The summed E-state index contributed by atoms with van der Waals surface area (Å²) in [6.45, 7) is 4.40. The Morgan fingerprint density at radius 3 is 2.44 bits per heavy atom. The van der Waals surface area contributed by atoms with Gasteiger partial charge in [-0.05, 0) is 37.3 Å². The zero-order valence-corrected chi connectivity index (χ0v) is 11.3. The first-order valence-electron chi connectivity index (χ1n) is 6.64. The molecule has 0 heterocycles. The van der Waals surface area contributed by atoms with Gasteiger partial charge in [-0.3, -0.25) is 4.79 Å². The summed E-state index contributed by atoms with van der Waals surface area (Å²) in [6, 6.07) is 8.39. The smallest absolute Gasteiger partial charge is 0.220 e. The molecule has 1 unspecified atom stereocenters. The van der Waals surface area contributed by atoms with Gasteiger partial charge in [-0.15, -0.1) is 0 Å². The molecule has 0 spiro atoms. The maximum Gasteiger partial charge on any atom is 0.220 e. The standard InChI is InChI=1S/C15H23NO2/c1-3-13-4-6-14(7-5-13)8-9-15(18)16-11-10-12(2)17/h4-7,12,17H,3,8-11H2,1-2H3,(H,16,18). The molecular formula is C15H23NO2. The van der Waals surface area contributed by atoms with Crippen molar-refractivity contribution in [3.63, 3.8) is 0 Å². The Morgan fingerprint density at radius 1 is 1.28 bits per heavy atom. The highest BCUT2D eigenvalue weighted by Gasteiger charge is 2.03. The van der Waals surface area contributed by atoms with Crippen molar-refractivity contribution in [2.45, 2.75) is 45.6 Å². The van der Waals surface area contributed by atoms with Crippen molar-refractivity contribution in [1.82, 2.24) is 5.32 Å². The molecule has 1 amide bonds. The molecule has 0 aliphatic heterocycles. The maximum absolute atomic E-state index is 11.5. The largest absolute Gasteiger partial charge is 0.393 e. The molecule has 3 heteroatoms. The number of aliphatic hydroxyl groups excluding tert-OH is 1. The third kappa shape index (κ3) is 5.82. The average Bonchev–Trinajstić information content (AvgIpc) is 2.36. The lowest BCUT2D eigenvalue weighted by Crippen LogP contribution is -2.26. The normalized spacial score (nSPS) is 12.2. The first-order chi connectivity index (χ1) is 8.61. The first kappa shape index (κ1) is 14.7. The molecule has 0 saturated heterocycles. The van der Waals surface area contributed by atoms with Crippen molar-refractivity contribution in [3.05, 3.63) is 35.4 Å². The van der Waals surface area contributed by atoms with Gasteiger partial charge in [-0.25, -0.2) is 0 Å². The highest BCUT2D eigenvalue weighted by atomic mass is 16.3. The minimum absolute atomic E-state index is 0.0511. The quantitative estimate of drug-likeness (QED) is 0.777. The summed E-state index contributed by atoms with van der Waals surface area (Å²) < 4.78 is 0. The van der Waals surface area contributed by atoms with Crippen LogP contribution >= 0.6 is 0 Å². The van der Waals surface area contributed by atoms with Gasteiger partial charge >= 0.3 is 0 Å². The third-order valence-electron chi connectivity index (χ3n) is 2.96. The zero-order chi connectivity index (χ0) is 13.4. The minimum Gasteiger partial charge on any atom is -0.393 e. The molecule has 0 aliphatic carbocycles. The van der Waals surface area contributed by atoms with Gasteiger partial charge in [-0.2, -0.15) is 0 Å². The summed E-state index contributed by atoms with van der Waals surface area (Å²) in [5.41, 5.74) is 2.51. The number of benzene rings is 1. The Labute approximate surface area is 109 Å². The van der Waals surface area contributed by atoms with E-state index >= 15 is 0 Å². The molecule has 2 N–H and O–H groups in total. The van der Waals surface area contributed by atoms with Crippen LogP contribution < -0.4 is 5.32 Å². The molecular weight excluding hydrogens is 226 g/mol. The number of carbonyl (C=O) groups excluding carboxylic acids is 1. The second-order valence-electron chi connectivity index (χ2n) is 4.66. The van der Waals surface area contributed by atoms with Crippen LogP contribution in [-0.4, -0.2) is 23.7 Å². The SMILES string of the molecule is CCc1ccc(CCC(=O)NCCC(C)O)cc1. The van der Waals surface area contributed by atoms with Gasteiger partial charge in [-0.1, -0.05) is 31.2 Å². The molecule has 0 aromatic heterocycles. The van der Waals surface area contributed by atoms with E-state index in [0.717, 1.165) is 12.8 Å². The number of aryl methyl sites for hydroxylation is 2. The van der Waals surface area contributed by atoms with Crippen LogP contribution in [0.1, 0.15) is 37.8 Å². The average molecular weight is 249 g/mol. The fraction of sp³-hybridized carbons (Fsp3) is 0.533. The summed E-state index contributed by atoms with van der Waals surface area (Å²) >= 11 is 0. The van der Waals surface area contributed by atoms with Gasteiger partial charge in [0.2, 0.25) is 5.91 Å². The Kier molecular flexibility index (Phi) is 6.44. The van der Waals surface area contributed by atoms with E-state index in [1.165, 1.54) is 11.1 Å². The van der Waals surface area contributed by atoms with Gasteiger partial charge in [0.25, 0.3) is 0 Å². The lowest BCUT2D eigenvalue weighted by atomic mass is 10.1. The molecule has 3 nitrogen and oxygen atoms in total. The van der Waals surface area contributed by atoms with E-state index in [1.807, 2.05) is 0 Å². The summed E-state index contributed by atoms with van der Waals surface area (Å²) in [4.78, 5) is 11.5. The number of rotatable bonds is 7. The van der Waals surface area contributed by atoms with Crippen molar-refractivity contribution in [1.29, 1.82) is 0 Å². The third-order valence-corrected chi connectivity index (χ3v) is 2.96. The Balaban J connectivity index is 2.24. The van der Waals surface area contributed by atoms with E-state index < -0.39 is 0 Å². The molecule has 18 heavy (non-hydrogen) atoms. The van der Waals surface area contributed by atoms with Gasteiger partial charge in [0, 0.05) is 13.0 Å². The van der Waals surface area contributed by atoms with Crippen LogP contribution in [0.2, 0.25) is 0 Å². The van der Waals surface area contributed by atoms with Crippen molar-refractivity contribution in [2.75, 3.05) is 6.54 Å². The fourth-order valence-corrected chi connectivity index (χ4v) is 1.71. The summed E-state index contributed by atoms with van der Waals surface area (Å²) in [5.74, 6) is 0.0511. The topological polar surface area (TPSA) is 49.3 Å². The van der Waals surface area contributed by atoms with Crippen molar-refractivity contribution < 1.29 is 9.90 Å². The van der Waals surface area contributed by atoms with Crippen molar-refractivity contribution in [3.8, 4) is 0 Å². The molecule has 0 bridgehead atoms. The fourth-order valence-electron chi connectivity index (χ4n) is 1.71.